The normalized spacial score (nSPS) is 11.0. The average Bonchev–Trinajstić information content (AvgIpc) is 3.41. The van der Waals surface area contributed by atoms with E-state index in [0.29, 0.717) is 10.1 Å². The Labute approximate surface area is 207 Å². The van der Waals surface area contributed by atoms with Crippen molar-refractivity contribution in [3.05, 3.63) is 114 Å². The molecule has 0 fully saturated rings. The van der Waals surface area contributed by atoms with Crippen LogP contribution in [0.2, 0.25) is 0 Å². The molecule has 8 nitrogen and oxygen atoms in total. The van der Waals surface area contributed by atoms with Gasteiger partial charge in [0, 0.05) is 0 Å². The van der Waals surface area contributed by atoms with Gasteiger partial charge in [-0.15, -0.1) is 0 Å². The minimum atomic E-state index is -4.28. The molecule has 2 amide bonds. The van der Waals surface area contributed by atoms with Gasteiger partial charge in [0.05, 0.1) is 34.6 Å². The first-order valence-corrected chi connectivity index (χ1v) is 12.3. The summed E-state index contributed by atoms with van der Waals surface area (Å²) in [5.74, 6) is -1.48. The van der Waals surface area contributed by atoms with Crippen LogP contribution in [0.4, 0.5) is 15.8 Å². The van der Waals surface area contributed by atoms with Crippen LogP contribution in [0.25, 0.3) is 0 Å². The molecule has 0 atom stereocenters. The summed E-state index contributed by atoms with van der Waals surface area (Å²) in [7, 11) is -4.28. The van der Waals surface area contributed by atoms with Gasteiger partial charge in [-0.2, -0.15) is 0 Å². The number of nitrogens with zero attached hydrogens (tertiary/aromatic N) is 1. The van der Waals surface area contributed by atoms with Gasteiger partial charge in [0.25, 0.3) is 15.9 Å². The molecule has 0 aliphatic heterocycles. The fourth-order valence-electron chi connectivity index (χ4n) is 3.46. The van der Waals surface area contributed by atoms with Crippen LogP contribution in [0.15, 0.2) is 107 Å². The van der Waals surface area contributed by atoms with Gasteiger partial charge in [0.1, 0.15) is 18.1 Å². The van der Waals surface area contributed by atoms with Gasteiger partial charge in [-0.3, -0.25) is 13.9 Å². The molecular formula is C26H22FN3O5S. The van der Waals surface area contributed by atoms with Gasteiger partial charge < -0.3 is 15.1 Å². The van der Waals surface area contributed by atoms with Crippen LogP contribution in [0.1, 0.15) is 16.1 Å². The largest absolute Gasteiger partial charge is 0.467 e. The summed E-state index contributed by atoms with van der Waals surface area (Å²) in [5.41, 5.74) is 0.0618. The Bertz CT molecular complexity index is 1460. The SMILES string of the molecule is O=C(CN(c1ccccc1F)S(=O)(=O)c1ccccc1)Nc1ccccc1C(=O)NCc1ccco1. The summed E-state index contributed by atoms with van der Waals surface area (Å²) in [6.45, 7) is -0.578. The highest BCUT2D eigenvalue weighted by atomic mass is 32.2. The first-order chi connectivity index (χ1) is 17.4. The maximum Gasteiger partial charge on any atom is 0.264 e. The topological polar surface area (TPSA) is 109 Å². The third-order valence-electron chi connectivity index (χ3n) is 5.19. The zero-order valence-corrected chi connectivity index (χ0v) is 19.7. The number of para-hydroxylation sites is 2. The molecule has 0 saturated carbocycles. The second-order valence-corrected chi connectivity index (χ2v) is 9.49. The number of hydrogen-bond acceptors (Lipinski definition) is 5. The molecular weight excluding hydrogens is 485 g/mol. The lowest BCUT2D eigenvalue weighted by Gasteiger charge is -2.24. The summed E-state index contributed by atoms with van der Waals surface area (Å²) in [5, 5.41) is 5.27. The molecule has 2 N–H and O–H groups in total. The van der Waals surface area contributed by atoms with Crippen LogP contribution < -0.4 is 14.9 Å². The molecule has 4 aromatic rings. The molecule has 0 aliphatic carbocycles. The Morgan fingerprint density at radius 1 is 0.861 bits per heavy atom. The Morgan fingerprint density at radius 2 is 1.56 bits per heavy atom. The molecule has 0 aliphatic rings. The molecule has 10 heteroatoms. The molecule has 184 valence electrons. The zero-order valence-electron chi connectivity index (χ0n) is 18.9. The van der Waals surface area contributed by atoms with Crippen molar-refractivity contribution in [1.29, 1.82) is 0 Å². The number of nitrogens with one attached hydrogen (secondary N) is 2. The third-order valence-corrected chi connectivity index (χ3v) is 6.96. The number of anilines is 2. The average molecular weight is 508 g/mol. The summed E-state index contributed by atoms with van der Waals surface area (Å²) in [4.78, 5) is 25.6. The van der Waals surface area contributed by atoms with Crippen molar-refractivity contribution in [3.63, 3.8) is 0 Å². The lowest BCUT2D eigenvalue weighted by atomic mass is 10.1. The van der Waals surface area contributed by atoms with Crippen LogP contribution in [0, 0.1) is 5.82 Å². The van der Waals surface area contributed by atoms with Gasteiger partial charge in [-0.05, 0) is 48.5 Å². The standard InChI is InChI=1S/C26H22FN3O5S/c27-22-13-5-7-15-24(22)30(36(33,34)20-10-2-1-3-11-20)18-25(31)29-23-14-6-4-12-21(23)26(32)28-17-19-9-8-16-35-19/h1-16H,17-18H2,(H,28,32)(H,29,31). The molecule has 3 aromatic carbocycles. The number of rotatable bonds is 9. The van der Waals surface area contributed by atoms with Gasteiger partial charge in [0.15, 0.2) is 0 Å². The smallest absolute Gasteiger partial charge is 0.264 e. The number of hydrogen-bond donors (Lipinski definition) is 2. The number of carbonyl (C=O) groups excluding carboxylic acids is 2. The van der Waals surface area contributed by atoms with Gasteiger partial charge in [0.2, 0.25) is 5.91 Å². The minimum absolute atomic E-state index is 0.0984. The highest BCUT2D eigenvalue weighted by molar-refractivity contribution is 7.92. The Morgan fingerprint density at radius 3 is 2.28 bits per heavy atom. The summed E-state index contributed by atoms with van der Waals surface area (Å²) in [6.07, 6.45) is 1.49. The molecule has 0 radical (unpaired) electrons. The van der Waals surface area contributed by atoms with E-state index < -0.39 is 34.2 Å². The number of carbonyl (C=O) groups is 2. The monoisotopic (exact) mass is 507 g/mol. The van der Waals surface area contributed by atoms with Crippen molar-refractivity contribution in [2.45, 2.75) is 11.4 Å². The van der Waals surface area contributed by atoms with E-state index in [1.54, 1.807) is 30.3 Å². The van der Waals surface area contributed by atoms with Crippen molar-refractivity contribution in [2.75, 3.05) is 16.2 Å². The molecule has 36 heavy (non-hydrogen) atoms. The Hall–Kier alpha value is -4.44. The fraction of sp³-hybridized carbons (Fsp3) is 0.0769. The number of halogens is 1. The van der Waals surface area contributed by atoms with Crippen molar-refractivity contribution < 1.29 is 26.8 Å². The Kier molecular flexibility index (Phi) is 7.45. The second kappa shape index (κ2) is 10.9. The quantitative estimate of drug-likeness (QED) is 0.353. The minimum Gasteiger partial charge on any atom is -0.467 e. The summed E-state index contributed by atoms with van der Waals surface area (Å²) >= 11 is 0. The molecule has 1 heterocycles. The molecule has 0 spiro atoms. The lowest BCUT2D eigenvalue weighted by molar-refractivity contribution is -0.114. The molecule has 0 bridgehead atoms. The third kappa shape index (κ3) is 5.61. The van der Waals surface area contributed by atoms with E-state index in [2.05, 4.69) is 10.6 Å². The van der Waals surface area contributed by atoms with Gasteiger partial charge in [-0.1, -0.05) is 42.5 Å². The van der Waals surface area contributed by atoms with Crippen molar-refractivity contribution in [3.8, 4) is 0 Å². The van der Waals surface area contributed by atoms with E-state index in [0.717, 1.165) is 6.07 Å². The van der Waals surface area contributed by atoms with E-state index in [1.165, 1.54) is 60.9 Å². The van der Waals surface area contributed by atoms with Crippen LogP contribution in [-0.2, 0) is 21.4 Å². The highest BCUT2D eigenvalue weighted by Crippen LogP contribution is 2.26. The van der Waals surface area contributed by atoms with Gasteiger partial charge in [-0.25, -0.2) is 12.8 Å². The second-order valence-electron chi connectivity index (χ2n) is 7.63. The summed E-state index contributed by atoms with van der Waals surface area (Å²) < 4.78 is 47.2. The number of furan rings is 1. The Balaban J connectivity index is 1.57. The van der Waals surface area contributed by atoms with E-state index in [-0.39, 0.29) is 28.4 Å². The first-order valence-electron chi connectivity index (χ1n) is 10.9. The van der Waals surface area contributed by atoms with E-state index in [4.69, 9.17) is 4.42 Å². The van der Waals surface area contributed by atoms with Crippen molar-refractivity contribution >= 4 is 33.2 Å². The maximum atomic E-state index is 14.6. The van der Waals surface area contributed by atoms with E-state index in [9.17, 15) is 22.4 Å². The fourth-order valence-corrected chi connectivity index (χ4v) is 4.91. The molecule has 1 aromatic heterocycles. The van der Waals surface area contributed by atoms with E-state index in [1.807, 2.05) is 0 Å². The predicted octanol–water partition coefficient (Wildman–Crippen LogP) is 4.18. The van der Waals surface area contributed by atoms with Gasteiger partial charge >= 0.3 is 0 Å². The molecule has 4 rings (SSSR count). The highest BCUT2D eigenvalue weighted by Gasteiger charge is 2.29. The zero-order chi connectivity index (χ0) is 25.5. The lowest BCUT2D eigenvalue weighted by Crippen LogP contribution is -2.39. The summed E-state index contributed by atoms with van der Waals surface area (Å²) in [6, 6.07) is 22.4. The molecule has 0 saturated heterocycles. The predicted molar refractivity (Wildman–Crippen MR) is 132 cm³/mol. The van der Waals surface area contributed by atoms with Crippen LogP contribution in [0.3, 0.4) is 0 Å². The van der Waals surface area contributed by atoms with Crippen molar-refractivity contribution in [1.82, 2.24) is 5.32 Å². The number of sulfonamides is 1. The molecule has 0 unspecified atom stereocenters. The van der Waals surface area contributed by atoms with E-state index >= 15 is 0 Å². The maximum absolute atomic E-state index is 14.6. The first kappa shape index (κ1) is 24.7. The van der Waals surface area contributed by atoms with Crippen LogP contribution >= 0.6 is 0 Å². The van der Waals surface area contributed by atoms with Crippen molar-refractivity contribution in [2.24, 2.45) is 0 Å². The number of amides is 2. The number of benzene rings is 3. The van der Waals surface area contributed by atoms with Crippen LogP contribution in [-0.4, -0.2) is 26.8 Å². The van der Waals surface area contributed by atoms with Crippen LogP contribution in [0.5, 0.6) is 0 Å².